The van der Waals surface area contributed by atoms with Crippen LogP contribution in [0.2, 0.25) is 6.04 Å². The van der Waals surface area contributed by atoms with Gasteiger partial charge < -0.3 is 22.8 Å². The summed E-state index contributed by atoms with van der Waals surface area (Å²) in [5, 5.41) is -0.217. The van der Waals surface area contributed by atoms with Gasteiger partial charge in [-0.3, -0.25) is 0 Å². The lowest BCUT2D eigenvalue weighted by molar-refractivity contribution is -0.139. The maximum atomic E-state index is 12.1. The monoisotopic (exact) mass is 362 g/mol. The summed E-state index contributed by atoms with van der Waals surface area (Å²) >= 11 is 0. The molecule has 6 nitrogen and oxygen atoms in total. The van der Waals surface area contributed by atoms with Crippen molar-refractivity contribution in [1.29, 1.82) is 0 Å². The van der Waals surface area contributed by atoms with Gasteiger partial charge in [0, 0.05) is 49.8 Å². The third kappa shape index (κ3) is 6.48. The van der Waals surface area contributed by atoms with E-state index in [4.69, 9.17) is 22.8 Å². The molecule has 0 N–H and O–H groups in total. The Balaban J connectivity index is 2.41. The van der Waals surface area contributed by atoms with Gasteiger partial charge in [-0.25, -0.2) is 4.79 Å². The summed E-state index contributed by atoms with van der Waals surface area (Å²) in [6.07, 6.45) is 5.83. The van der Waals surface area contributed by atoms with Gasteiger partial charge in [0.15, 0.2) is 0 Å². The highest BCUT2D eigenvalue weighted by Crippen LogP contribution is 2.24. The number of ether oxygens (including phenoxy) is 2. The van der Waals surface area contributed by atoms with Gasteiger partial charge in [-0.2, -0.15) is 0 Å². The highest BCUT2D eigenvalue weighted by Gasteiger charge is 2.37. The summed E-state index contributed by atoms with van der Waals surface area (Å²) in [4.78, 5) is 12.1. The quantitative estimate of drug-likeness (QED) is 0.264. The number of hydrogen-bond acceptors (Lipinski definition) is 6. The van der Waals surface area contributed by atoms with E-state index in [-0.39, 0.29) is 11.2 Å². The lowest BCUT2D eigenvalue weighted by atomic mass is 10.1. The fourth-order valence-corrected chi connectivity index (χ4v) is 5.39. The van der Waals surface area contributed by atoms with Crippen LogP contribution in [0.15, 0.2) is 11.6 Å². The topological polar surface area (TPSA) is 63.2 Å². The second kappa shape index (κ2) is 9.70. The molecule has 0 aliphatic carbocycles. The van der Waals surface area contributed by atoms with Crippen LogP contribution in [0.3, 0.4) is 0 Å². The van der Waals surface area contributed by atoms with Crippen LogP contribution in [-0.4, -0.2) is 64.8 Å². The molecule has 8 heteroatoms. The molecule has 0 aromatic heterocycles. The van der Waals surface area contributed by atoms with Crippen molar-refractivity contribution in [2.75, 3.05) is 34.5 Å². The Morgan fingerprint density at radius 1 is 1.26 bits per heavy atom. The molecule has 1 aliphatic heterocycles. The van der Waals surface area contributed by atoms with Crippen molar-refractivity contribution in [3.63, 3.8) is 0 Å². The highest BCUT2D eigenvalue weighted by atomic mass is 28.4. The van der Waals surface area contributed by atoms with Crippen LogP contribution in [0.25, 0.3) is 0 Å². The van der Waals surface area contributed by atoms with Crippen molar-refractivity contribution >= 4 is 25.0 Å². The molecule has 1 heterocycles. The molecule has 1 fully saturated rings. The average Bonchev–Trinajstić information content (AvgIpc) is 2.55. The van der Waals surface area contributed by atoms with Gasteiger partial charge in [0.05, 0.1) is 11.8 Å². The first kappa shape index (κ1) is 20.5. The van der Waals surface area contributed by atoms with Crippen LogP contribution in [-0.2, 0) is 27.5 Å². The summed E-state index contributed by atoms with van der Waals surface area (Å²) in [6, 6.07) is 0.611. The summed E-state index contributed by atoms with van der Waals surface area (Å²) in [5.74, 6) is -0.283. The fourth-order valence-electron chi connectivity index (χ4n) is 2.71. The van der Waals surface area contributed by atoms with Crippen LogP contribution >= 0.6 is 0 Å². The Hall–Kier alpha value is -0.516. The molecule has 1 aliphatic rings. The molecule has 23 heavy (non-hydrogen) atoms. The van der Waals surface area contributed by atoms with E-state index >= 15 is 0 Å². The maximum absolute atomic E-state index is 12.1. The molecule has 0 spiro atoms. The third-order valence-electron chi connectivity index (χ3n) is 4.14. The van der Waals surface area contributed by atoms with Crippen molar-refractivity contribution in [2.24, 2.45) is 0 Å². The Morgan fingerprint density at radius 3 is 2.43 bits per heavy atom. The second-order valence-corrected chi connectivity index (χ2v) is 10.8. The molecule has 0 radical (unpaired) electrons. The smallest absolute Gasteiger partial charge is 0.462 e. The van der Waals surface area contributed by atoms with E-state index in [9.17, 15) is 4.79 Å². The van der Waals surface area contributed by atoms with Crippen molar-refractivity contribution < 1.29 is 27.5 Å². The van der Waals surface area contributed by atoms with E-state index in [1.54, 1.807) is 28.3 Å². The Labute approximate surface area is 143 Å². The van der Waals surface area contributed by atoms with E-state index in [2.05, 4.69) is 0 Å². The zero-order valence-corrected chi connectivity index (χ0v) is 18.0. The van der Waals surface area contributed by atoms with Crippen LogP contribution < -0.4 is 0 Å². The lowest BCUT2D eigenvalue weighted by Crippen LogP contribution is -2.42. The molecular weight excluding hydrogens is 332 g/mol. The highest BCUT2D eigenvalue weighted by molar-refractivity contribution is 6.60. The van der Waals surface area contributed by atoms with Gasteiger partial charge in [-0.1, -0.05) is 0 Å². The second-order valence-electron chi connectivity index (χ2n) is 5.98. The molecular formula is C15H30O6Si2. The van der Waals surface area contributed by atoms with Gasteiger partial charge in [-0.15, -0.1) is 0 Å². The summed E-state index contributed by atoms with van der Waals surface area (Å²) in [7, 11) is 3.02. The molecule has 0 amide bonds. The van der Waals surface area contributed by atoms with E-state index < -0.39 is 8.80 Å². The summed E-state index contributed by atoms with van der Waals surface area (Å²) in [6.45, 7) is 2.89. The van der Waals surface area contributed by atoms with Crippen molar-refractivity contribution in [3.05, 3.63) is 11.6 Å². The van der Waals surface area contributed by atoms with Crippen LogP contribution in [0.1, 0.15) is 32.6 Å². The molecule has 0 bridgehead atoms. The Morgan fingerprint density at radius 2 is 1.91 bits per heavy atom. The standard InChI is InChI=1S/C15H30O6Si2/c1-13(12-15(22)8-5-6-10-21-15)14(16)20-9-7-11-23(17-2,18-3)19-4/h12H,5-11H2,1-4,22H3. The minimum atomic E-state index is -2.58. The van der Waals surface area contributed by atoms with Crippen molar-refractivity contribution in [2.45, 2.75) is 43.9 Å². The van der Waals surface area contributed by atoms with E-state index in [0.717, 1.165) is 36.1 Å². The van der Waals surface area contributed by atoms with Crippen LogP contribution in [0, 0.1) is 0 Å². The van der Waals surface area contributed by atoms with Crippen molar-refractivity contribution in [3.8, 4) is 0 Å². The molecule has 1 unspecified atom stereocenters. The number of rotatable bonds is 9. The van der Waals surface area contributed by atoms with Gasteiger partial charge in [0.25, 0.3) is 0 Å². The van der Waals surface area contributed by atoms with Crippen molar-refractivity contribution in [1.82, 2.24) is 0 Å². The molecule has 1 atom stereocenters. The van der Waals surface area contributed by atoms with E-state index in [1.807, 2.05) is 6.08 Å². The first-order valence-corrected chi connectivity index (χ1v) is 11.0. The van der Waals surface area contributed by atoms with Crippen LogP contribution in [0.5, 0.6) is 0 Å². The van der Waals surface area contributed by atoms with E-state index in [0.29, 0.717) is 24.6 Å². The Kier molecular flexibility index (Phi) is 8.66. The molecule has 1 rings (SSSR count). The molecule has 0 aromatic rings. The van der Waals surface area contributed by atoms with Crippen LogP contribution in [0.4, 0.5) is 0 Å². The molecule has 0 saturated carbocycles. The SMILES string of the molecule is CO[Si](CCCOC(=O)C(C)=CC1([SiH3])CCCCO1)(OC)OC. The Bertz CT molecular complexity index is 395. The number of esters is 1. The van der Waals surface area contributed by atoms with Gasteiger partial charge in [-0.05, 0) is 38.7 Å². The zero-order valence-electron chi connectivity index (χ0n) is 15.0. The maximum Gasteiger partial charge on any atom is 0.500 e. The summed E-state index contributed by atoms with van der Waals surface area (Å²) < 4.78 is 27.2. The number of hydrogen-bond donors (Lipinski definition) is 0. The minimum absolute atomic E-state index is 0.217. The normalized spacial score (nSPS) is 23.0. The van der Waals surface area contributed by atoms with E-state index in [1.165, 1.54) is 0 Å². The van der Waals surface area contributed by atoms with Gasteiger partial charge in [0.1, 0.15) is 0 Å². The summed E-state index contributed by atoms with van der Waals surface area (Å²) in [5.41, 5.74) is 0.621. The zero-order chi connectivity index (χ0) is 17.3. The fraction of sp³-hybridized carbons (Fsp3) is 0.800. The number of carbonyl (C=O) groups excluding carboxylic acids is 1. The average molecular weight is 363 g/mol. The predicted molar refractivity (Wildman–Crippen MR) is 93.4 cm³/mol. The first-order chi connectivity index (χ1) is 10.9. The van der Waals surface area contributed by atoms with Gasteiger partial charge >= 0.3 is 14.8 Å². The lowest BCUT2D eigenvalue weighted by Gasteiger charge is -2.31. The largest absolute Gasteiger partial charge is 0.500 e. The molecule has 0 aromatic carbocycles. The predicted octanol–water partition coefficient (Wildman–Crippen LogP) is 1.01. The molecule has 1 saturated heterocycles. The number of carbonyl (C=O) groups is 1. The molecule has 134 valence electrons. The first-order valence-electron chi connectivity index (χ1n) is 8.06. The minimum Gasteiger partial charge on any atom is -0.462 e. The van der Waals surface area contributed by atoms with Gasteiger partial charge in [0.2, 0.25) is 0 Å². The third-order valence-corrected chi connectivity index (χ3v) is 8.05.